The van der Waals surface area contributed by atoms with Crippen molar-refractivity contribution in [3.8, 4) is 0 Å². The Morgan fingerprint density at radius 2 is 1.43 bits per heavy atom. The van der Waals surface area contributed by atoms with Gasteiger partial charge < -0.3 is 9.80 Å². The van der Waals surface area contributed by atoms with Crippen molar-refractivity contribution in [2.75, 3.05) is 27.2 Å². The van der Waals surface area contributed by atoms with E-state index in [0.29, 0.717) is 5.96 Å². The van der Waals surface area contributed by atoms with E-state index in [1.54, 1.807) is 0 Å². The van der Waals surface area contributed by atoms with E-state index in [1.807, 2.05) is 19.0 Å². The molecule has 0 aliphatic carbocycles. The molecule has 0 aromatic rings. The van der Waals surface area contributed by atoms with Crippen LogP contribution >= 0.6 is 0 Å². The number of nitrogens with zero attached hydrogens (tertiary/aromatic N) is 2. The number of hydrogen-bond donors (Lipinski definition) is 1. The van der Waals surface area contributed by atoms with Crippen molar-refractivity contribution in [1.82, 2.24) is 9.80 Å². The van der Waals surface area contributed by atoms with Crippen molar-refractivity contribution in [2.24, 2.45) is 0 Å². The fraction of sp³-hybridized carbons (Fsp3) is 0.909. The van der Waals surface area contributed by atoms with Crippen LogP contribution in [0, 0.1) is 5.41 Å². The summed E-state index contributed by atoms with van der Waals surface area (Å²) < 4.78 is 0. The highest BCUT2D eigenvalue weighted by Gasteiger charge is 2.09. The van der Waals surface area contributed by atoms with E-state index in [0.717, 1.165) is 13.1 Å². The predicted octanol–water partition coefficient (Wildman–Crippen LogP) is 2.38. The molecule has 3 nitrogen and oxygen atoms in total. The highest BCUT2D eigenvalue weighted by molar-refractivity contribution is 5.76. The Labute approximate surface area is 88.6 Å². The van der Waals surface area contributed by atoms with Gasteiger partial charge in [0, 0.05) is 27.2 Å². The summed E-state index contributed by atoms with van der Waals surface area (Å²) >= 11 is 0. The van der Waals surface area contributed by atoms with Crippen LogP contribution in [0.1, 0.15) is 39.5 Å². The standard InChI is InChI=1S/C11H25N3/c1-5-7-9-14(10-8-6-2)11(12)13(3)4/h12H,5-10H2,1-4H3. The molecule has 0 aromatic heterocycles. The van der Waals surface area contributed by atoms with Crippen molar-refractivity contribution in [3.63, 3.8) is 0 Å². The average Bonchev–Trinajstić information content (AvgIpc) is 2.17. The molecule has 0 fully saturated rings. The SMILES string of the molecule is CCCCN(CCCC)C(=N)N(C)C. The Hall–Kier alpha value is -0.730. The lowest BCUT2D eigenvalue weighted by Crippen LogP contribution is -2.40. The lowest BCUT2D eigenvalue weighted by Gasteiger charge is -2.28. The average molecular weight is 199 g/mol. The lowest BCUT2D eigenvalue weighted by molar-refractivity contribution is 0.349. The largest absolute Gasteiger partial charge is 0.349 e. The lowest BCUT2D eigenvalue weighted by atomic mass is 10.3. The van der Waals surface area contributed by atoms with Crippen LogP contribution in [0.3, 0.4) is 0 Å². The van der Waals surface area contributed by atoms with Crippen molar-refractivity contribution < 1.29 is 0 Å². The molecule has 0 radical (unpaired) electrons. The summed E-state index contributed by atoms with van der Waals surface area (Å²) in [5.41, 5.74) is 0. The van der Waals surface area contributed by atoms with Gasteiger partial charge in [0.1, 0.15) is 0 Å². The highest BCUT2D eigenvalue weighted by atomic mass is 15.3. The van der Waals surface area contributed by atoms with Gasteiger partial charge in [-0.1, -0.05) is 26.7 Å². The van der Waals surface area contributed by atoms with Crippen molar-refractivity contribution in [3.05, 3.63) is 0 Å². The molecule has 3 heteroatoms. The van der Waals surface area contributed by atoms with E-state index >= 15 is 0 Å². The number of unbranched alkanes of at least 4 members (excludes halogenated alkanes) is 2. The van der Waals surface area contributed by atoms with Crippen LogP contribution in [0.2, 0.25) is 0 Å². The first-order valence-corrected chi connectivity index (χ1v) is 5.64. The van der Waals surface area contributed by atoms with Gasteiger partial charge >= 0.3 is 0 Å². The van der Waals surface area contributed by atoms with Gasteiger partial charge in [0.25, 0.3) is 0 Å². The summed E-state index contributed by atoms with van der Waals surface area (Å²) in [6, 6.07) is 0. The molecule has 14 heavy (non-hydrogen) atoms. The Morgan fingerprint density at radius 1 is 1.00 bits per heavy atom. The number of guanidine groups is 1. The summed E-state index contributed by atoms with van der Waals surface area (Å²) in [5, 5.41) is 7.91. The molecule has 0 unspecified atom stereocenters. The molecule has 0 atom stereocenters. The molecular formula is C11H25N3. The third-order valence-electron chi connectivity index (χ3n) is 2.29. The summed E-state index contributed by atoms with van der Waals surface area (Å²) in [6.07, 6.45) is 4.76. The molecule has 0 bridgehead atoms. The van der Waals surface area contributed by atoms with E-state index in [4.69, 9.17) is 5.41 Å². The zero-order valence-corrected chi connectivity index (χ0v) is 10.1. The maximum absolute atomic E-state index is 7.91. The van der Waals surface area contributed by atoms with E-state index in [1.165, 1.54) is 25.7 Å². The van der Waals surface area contributed by atoms with Crippen LogP contribution < -0.4 is 0 Å². The molecular weight excluding hydrogens is 174 g/mol. The smallest absolute Gasteiger partial charge is 0.193 e. The summed E-state index contributed by atoms with van der Waals surface area (Å²) in [5.74, 6) is 0.645. The fourth-order valence-corrected chi connectivity index (χ4v) is 1.30. The molecule has 0 aliphatic heterocycles. The molecule has 84 valence electrons. The first-order valence-electron chi connectivity index (χ1n) is 5.64. The fourth-order valence-electron chi connectivity index (χ4n) is 1.30. The Balaban J connectivity index is 4.01. The topological polar surface area (TPSA) is 30.3 Å². The van der Waals surface area contributed by atoms with Crippen LogP contribution in [0.5, 0.6) is 0 Å². The third-order valence-corrected chi connectivity index (χ3v) is 2.29. The number of rotatable bonds is 6. The van der Waals surface area contributed by atoms with Gasteiger partial charge in [0.05, 0.1) is 0 Å². The van der Waals surface area contributed by atoms with E-state index in [2.05, 4.69) is 18.7 Å². The molecule has 0 heterocycles. The van der Waals surface area contributed by atoms with Gasteiger partial charge in [-0.3, -0.25) is 5.41 Å². The van der Waals surface area contributed by atoms with Crippen LogP contribution in [-0.2, 0) is 0 Å². The molecule has 0 amide bonds. The van der Waals surface area contributed by atoms with Crippen LogP contribution in [0.15, 0.2) is 0 Å². The van der Waals surface area contributed by atoms with Crippen molar-refractivity contribution in [2.45, 2.75) is 39.5 Å². The highest BCUT2D eigenvalue weighted by Crippen LogP contribution is 2.01. The minimum atomic E-state index is 0.645. The Morgan fingerprint density at radius 3 is 1.71 bits per heavy atom. The predicted molar refractivity (Wildman–Crippen MR) is 62.8 cm³/mol. The van der Waals surface area contributed by atoms with Gasteiger partial charge in [-0.15, -0.1) is 0 Å². The van der Waals surface area contributed by atoms with Crippen LogP contribution in [-0.4, -0.2) is 42.9 Å². The minimum absolute atomic E-state index is 0.645. The maximum Gasteiger partial charge on any atom is 0.193 e. The molecule has 0 saturated carbocycles. The maximum atomic E-state index is 7.91. The van der Waals surface area contributed by atoms with Crippen molar-refractivity contribution >= 4 is 5.96 Å². The summed E-state index contributed by atoms with van der Waals surface area (Å²) in [6.45, 7) is 6.43. The Kier molecular flexibility index (Phi) is 7.25. The molecule has 0 saturated heterocycles. The number of nitrogens with one attached hydrogen (secondary N) is 1. The third kappa shape index (κ3) is 5.10. The minimum Gasteiger partial charge on any atom is -0.349 e. The zero-order valence-electron chi connectivity index (χ0n) is 10.1. The van der Waals surface area contributed by atoms with Crippen molar-refractivity contribution in [1.29, 1.82) is 5.41 Å². The quantitative estimate of drug-likeness (QED) is 0.526. The van der Waals surface area contributed by atoms with E-state index in [-0.39, 0.29) is 0 Å². The monoisotopic (exact) mass is 199 g/mol. The second-order valence-corrected chi connectivity index (χ2v) is 3.91. The summed E-state index contributed by atoms with van der Waals surface area (Å²) in [4.78, 5) is 4.05. The van der Waals surface area contributed by atoms with E-state index < -0.39 is 0 Å². The summed E-state index contributed by atoms with van der Waals surface area (Å²) in [7, 11) is 3.88. The van der Waals surface area contributed by atoms with Gasteiger partial charge in [0.15, 0.2) is 5.96 Å². The molecule has 0 aliphatic rings. The second kappa shape index (κ2) is 7.65. The second-order valence-electron chi connectivity index (χ2n) is 3.91. The van der Waals surface area contributed by atoms with Gasteiger partial charge in [0.2, 0.25) is 0 Å². The van der Waals surface area contributed by atoms with Gasteiger partial charge in [-0.2, -0.15) is 0 Å². The molecule has 0 aromatic carbocycles. The molecule has 0 rings (SSSR count). The zero-order chi connectivity index (χ0) is 11.0. The van der Waals surface area contributed by atoms with Crippen LogP contribution in [0.4, 0.5) is 0 Å². The van der Waals surface area contributed by atoms with E-state index in [9.17, 15) is 0 Å². The Bertz CT molecular complexity index is 147. The van der Waals surface area contributed by atoms with Crippen LogP contribution in [0.25, 0.3) is 0 Å². The number of hydrogen-bond acceptors (Lipinski definition) is 1. The molecule has 0 spiro atoms. The first-order chi connectivity index (χ1) is 6.63. The normalized spacial score (nSPS) is 10.0. The van der Waals surface area contributed by atoms with Gasteiger partial charge in [-0.25, -0.2) is 0 Å². The molecule has 1 N–H and O–H groups in total. The van der Waals surface area contributed by atoms with Gasteiger partial charge in [-0.05, 0) is 12.8 Å². The first kappa shape index (κ1) is 13.3.